The van der Waals surface area contributed by atoms with Gasteiger partial charge >= 0.3 is 0 Å². The maximum absolute atomic E-state index is 3.51. The minimum atomic E-state index is 1.20. The monoisotopic (exact) mass is 504 g/mol. The number of hydrogen-bond acceptors (Lipinski definition) is 0. The molecule has 0 spiro atoms. The van der Waals surface area contributed by atoms with E-state index in [-0.39, 0.29) is 0 Å². The highest BCUT2D eigenvalue weighted by molar-refractivity contribution is 4.77. The highest BCUT2D eigenvalue weighted by atomic mass is 15.1. The van der Waals surface area contributed by atoms with Crippen molar-refractivity contribution in [3.63, 3.8) is 0 Å². The van der Waals surface area contributed by atoms with Gasteiger partial charge in [0, 0.05) is 6.42 Å². The van der Waals surface area contributed by atoms with Gasteiger partial charge in [-0.15, -0.1) is 0 Å². The lowest BCUT2D eigenvalue weighted by Crippen LogP contribution is -2.36. The van der Waals surface area contributed by atoms with Crippen LogP contribution in [0.1, 0.15) is 193 Å². The largest absolute Gasteiger partial charge is 0.254 e. The number of aryl methyl sites for hydroxylation is 2. The summed E-state index contributed by atoms with van der Waals surface area (Å²) in [6, 6.07) is 0. The summed E-state index contributed by atoms with van der Waals surface area (Å²) in [4.78, 5) is 3.51. The number of unbranched alkanes of at least 4 members (excludes halogenated alkanes) is 25. The van der Waals surface area contributed by atoms with Crippen molar-refractivity contribution in [2.75, 3.05) is 0 Å². The van der Waals surface area contributed by atoms with Crippen molar-refractivity contribution < 1.29 is 4.57 Å². The first-order valence-corrected chi connectivity index (χ1v) is 16.9. The lowest BCUT2D eigenvalue weighted by Gasteiger charge is -2.04. The Balaban J connectivity index is 1.84. The number of imidazole rings is 1. The highest BCUT2D eigenvalue weighted by Crippen LogP contribution is 2.15. The Morgan fingerprint density at radius 1 is 0.444 bits per heavy atom. The van der Waals surface area contributed by atoms with Gasteiger partial charge in [-0.1, -0.05) is 168 Å². The van der Waals surface area contributed by atoms with Crippen molar-refractivity contribution in [1.29, 1.82) is 0 Å². The van der Waals surface area contributed by atoms with E-state index in [1.165, 1.54) is 192 Å². The number of nitrogens with one attached hydrogen (secondary N) is 1. The average molecular weight is 504 g/mol. The topological polar surface area (TPSA) is 19.7 Å². The molecule has 0 amide bonds. The standard InChI is InChI=1S/C34H66N2/c1-3-5-7-9-11-13-15-16-17-18-19-20-21-22-24-26-28-30-34-35-31-33-36(34)32-29-27-25-23-14-12-10-8-6-4-2/h31,33H,3-30,32H2,1-2H3/p+1. The second-order valence-electron chi connectivity index (χ2n) is 11.7. The van der Waals surface area contributed by atoms with Gasteiger partial charge in [-0.2, -0.15) is 0 Å². The Labute approximate surface area is 227 Å². The first-order valence-electron chi connectivity index (χ1n) is 16.9. The van der Waals surface area contributed by atoms with Gasteiger partial charge < -0.3 is 0 Å². The zero-order chi connectivity index (χ0) is 25.8. The van der Waals surface area contributed by atoms with Gasteiger partial charge in [0.25, 0.3) is 5.82 Å². The summed E-state index contributed by atoms with van der Waals surface area (Å²) in [5, 5.41) is 0. The fourth-order valence-electron chi connectivity index (χ4n) is 5.61. The number of nitrogens with zero attached hydrogens (tertiary/aromatic N) is 1. The molecule has 0 saturated heterocycles. The molecule has 0 aliphatic heterocycles. The summed E-state index contributed by atoms with van der Waals surface area (Å²) in [5.41, 5.74) is 0. The van der Waals surface area contributed by atoms with Gasteiger partial charge in [-0.25, -0.2) is 9.55 Å². The predicted molar refractivity (Wildman–Crippen MR) is 161 cm³/mol. The van der Waals surface area contributed by atoms with Crippen LogP contribution < -0.4 is 4.57 Å². The summed E-state index contributed by atoms with van der Waals surface area (Å²) in [5.74, 6) is 1.45. The number of H-pyrrole nitrogens is 1. The van der Waals surface area contributed by atoms with Gasteiger partial charge in [-0.3, -0.25) is 0 Å². The molecule has 0 fully saturated rings. The average Bonchev–Trinajstić information content (AvgIpc) is 3.34. The van der Waals surface area contributed by atoms with E-state index in [0.29, 0.717) is 0 Å². The molecule has 0 radical (unpaired) electrons. The second-order valence-corrected chi connectivity index (χ2v) is 11.7. The summed E-state index contributed by atoms with van der Waals surface area (Å²) < 4.78 is 2.48. The number of hydrogen-bond donors (Lipinski definition) is 1. The molecule has 0 aromatic carbocycles. The van der Waals surface area contributed by atoms with Crippen molar-refractivity contribution in [2.45, 2.75) is 200 Å². The Hall–Kier alpha value is -0.790. The van der Waals surface area contributed by atoms with Crippen molar-refractivity contribution >= 4 is 0 Å². The van der Waals surface area contributed by atoms with E-state index in [1.807, 2.05) is 0 Å². The van der Waals surface area contributed by atoms with Gasteiger partial charge in [0.2, 0.25) is 0 Å². The van der Waals surface area contributed by atoms with E-state index in [2.05, 4.69) is 35.8 Å². The van der Waals surface area contributed by atoms with Gasteiger partial charge in [-0.05, 0) is 19.3 Å². The van der Waals surface area contributed by atoms with E-state index in [0.717, 1.165) is 0 Å². The zero-order valence-corrected chi connectivity index (χ0v) is 25.1. The lowest BCUT2D eigenvalue weighted by atomic mass is 10.0. The third kappa shape index (κ3) is 21.3. The second kappa shape index (κ2) is 27.3. The highest BCUT2D eigenvalue weighted by Gasteiger charge is 2.09. The van der Waals surface area contributed by atoms with Crippen LogP contribution >= 0.6 is 0 Å². The Bertz CT molecular complexity index is 535. The third-order valence-electron chi connectivity index (χ3n) is 8.12. The molecule has 2 nitrogen and oxygen atoms in total. The molecular formula is C34H67N2+. The van der Waals surface area contributed by atoms with Crippen LogP contribution in [0.2, 0.25) is 0 Å². The van der Waals surface area contributed by atoms with Crippen LogP contribution in [-0.4, -0.2) is 4.98 Å². The van der Waals surface area contributed by atoms with E-state index < -0.39 is 0 Å². The normalized spacial score (nSPS) is 11.5. The lowest BCUT2D eigenvalue weighted by molar-refractivity contribution is -0.703. The van der Waals surface area contributed by atoms with Crippen LogP contribution in [0.5, 0.6) is 0 Å². The Kier molecular flexibility index (Phi) is 25.2. The van der Waals surface area contributed by atoms with Crippen molar-refractivity contribution in [1.82, 2.24) is 4.98 Å². The molecule has 1 aromatic heterocycles. The summed E-state index contributed by atoms with van der Waals surface area (Å²) >= 11 is 0. The van der Waals surface area contributed by atoms with Gasteiger partial charge in [0.05, 0.1) is 6.54 Å². The zero-order valence-electron chi connectivity index (χ0n) is 25.1. The number of rotatable bonds is 29. The van der Waals surface area contributed by atoms with Crippen molar-refractivity contribution in [3.8, 4) is 0 Å². The van der Waals surface area contributed by atoms with Gasteiger partial charge in [0.15, 0.2) is 0 Å². The molecule has 1 heterocycles. The number of aromatic nitrogens is 2. The fourth-order valence-corrected chi connectivity index (χ4v) is 5.61. The van der Waals surface area contributed by atoms with E-state index in [4.69, 9.17) is 0 Å². The van der Waals surface area contributed by atoms with Crippen LogP contribution in [0.3, 0.4) is 0 Å². The molecule has 1 aromatic rings. The quantitative estimate of drug-likeness (QED) is 0.0828. The molecule has 0 bridgehead atoms. The minimum Gasteiger partial charge on any atom is -0.248 e. The summed E-state index contributed by atoms with van der Waals surface area (Å²) in [7, 11) is 0. The molecule has 0 aliphatic rings. The van der Waals surface area contributed by atoms with Crippen LogP contribution in [0.4, 0.5) is 0 Å². The molecule has 0 atom stereocenters. The summed E-state index contributed by atoms with van der Waals surface area (Å²) in [6.45, 7) is 5.81. The molecule has 0 saturated carbocycles. The molecular weight excluding hydrogens is 436 g/mol. The molecule has 212 valence electrons. The fraction of sp³-hybridized carbons (Fsp3) is 0.912. The molecule has 36 heavy (non-hydrogen) atoms. The van der Waals surface area contributed by atoms with E-state index in [9.17, 15) is 0 Å². The molecule has 0 aliphatic carbocycles. The minimum absolute atomic E-state index is 1.20. The first-order chi connectivity index (χ1) is 17.9. The van der Waals surface area contributed by atoms with Gasteiger partial charge in [0.1, 0.15) is 12.4 Å². The molecule has 0 unspecified atom stereocenters. The SMILES string of the molecule is CCCCCCCCCCCCCCCCCCCc1[nH]cc[n+]1CCCCCCCCCCCC. The summed E-state index contributed by atoms with van der Waals surface area (Å²) in [6.07, 6.45) is 44.4. The van der Waals surface area contributed by atoms with Crippen molar-refractivity contribution in [2.24, 2.45) is 0 Å². The van der Waals surface area contributed by atoms with Crippen LogP contribution in [0.25, 0.3) is 0 Å². The van der Waals surface area contributed by atoms with E-state index in [1.54, 1.807) is 0 Å². The Morgan fingerprint density at radius 3 is 1.17 bits per heavy atom. The predicted octanol–water partition coefficient (Wildman–Crippen LogP) is 11.4. The molecule has 1 rings (SSSR count). The maximum atomic E-state index is 3.51. The molecule has 1 N–H and O–H groups in total. The Morgan fingerprint density at radius 2 is 0.778 bits per heavy atom. The molecule has 2 heteroatoms. The number of aromatic amines is 1. The van der Waals surface area contributed by atoms with E-state index >= 15 is 0 Å². The van der Waals surface area contributed by atoms with Crippen LogP contribution in [0, 0.1) is 0 Å². The smallest absolute Gasteiger partial charge is 0.248 e. The maximum Gasteiger partial charge on any atom is 0.254 e. The van der Waals surface area contributed by atoms with Crippen molar-refractivity contribution in [3.05, 3.63) is 18.2 Å². The van der Waals surface area contributed by atoms with Crippen LogP contribution in [-0.2, 0) is 13.0 Å². The first kappa shape index (κ1) is 33.2. The third-order valence-corrected chi connectivity index (χ3v) is 8.12. The van der Waals surface area contributed by atoms with Crippen LogP contribution in [0.15, 0.2) is 12.4 Å².